The third kappa shape index (κ3) is 6.84. The molecule has 3 heteroatoms. The minimum atomic E-state index is 0.0133. The molecule has 0 bridgehead atoms. The maximum atomic E-state index is 11.3. The van der Waals surface area contributed by atoms with E-state index in [1.807, 2.05) is 18.2 Å². The fourth-order valence-corrected chi connectivity index (χ4v) is 1.65. The van der Waals surface area contributed by atoms with Gasteiger partial charge in [-0.15, -0.1) is 0 Å². The molecule has 0 aliphatic rings. The van der Waals surface area contributed by atoms with Crippen molar-refractivity contribution in [2.45, 2.75) is 45.4 Å². The molecule has 3 nitrogen and oxygen atoms in total. The zero-order valence-corrected chi connectivity index (χ0v) is 11.1. The van der Waals surface area contributed by atoms with E-state index in [0.29, 0.717) is 6.42 Å². The first kappa shape index (κ1) is 14.4. The number of benzene rings is 1. The molecule has 18 heavy (non-hydrogen) atoms. The fraction of sp³-hybridized carbons (Fsp3) is 0.467. The van der Waals surface area contributed by atoms with Crippen molar-refractivity contribution in [3.05, 3.63) is 35.9 Å². The number of carbonyl (C=O) groups excluding carboxylic acids is 1. The summed E-state index contributed by atoms with van der Waals surface area (Å²) in [5.74, 6) is 0.0133. The van der Waals surface area contributed by atoms with Gasteiger partial charge in [-0.1, -0.05) is 50.1 Å². The lowest BCUT2D eigenvalue weighted by Gasteiger charge is -1.99. The molecule has 1 amide bonds. The Hall–Kier alpha value is -1.64. The van der Waals surface area contributed by atoms with Crippen molar-refractivity contribution < 1.29 is 4.79 Å². The van der Waals surface area contributed by atoms with E-state index in [2.05, 4.69) is 29.6 Å². The summed E-state index contributed by atoms with van der Waals surface area (Å²) >= 11 is 0. The zero-order chi connectivity index (χ0) is 13.1. The van der Waals surface area contributed by atoms with Crippen LogP contribution in [0.25, 0.3) is 0 Å². The first-order chi connectivity index (χ1) is 8.83. The number of nitrogens with one attached hydrogen (secondary N) is 1. The van der Waals surface area contributed by atoms with E-state index in [0.717, 1.165) is 32.1 Å². The minimum Gasteiger partial charge on any atom is -0.273 e. The lowest BCUT2D eigenvalue weighted by Crippen LogP contribution is -2.16. The lowest BCUT2D eigenvalue weighted by molar-refractivity contribution is -0.121. The number of unbranched alkanes of at least 4 members (excludes halogenated alkanes) is 2. The fourth-order valence-electron chi connectivity index (χ4n) is 1.65. The number of hydrogen-bond acceptors (Lipinski definition) is 2. The zero-order valence-electron chi connectivity index (χ0n) is 11.1. The molecule has 0 aliphatic carbocycles. The molecular weight excluding hydrogens is 224 g/mol. The number of nitrogens with zero attached hydrogens (tertiary/aromatic N) is 1. The van der Waals surface area contributed by atoms with Gasteiger partial charge in [0, 0.05) is 12.6 Å². The second kappa shape index (κ2) is 9.40. The second-order valence-corrected chi connectivity index (χ2v) is 4.33. The number of hydrogen-bond donors (Lipinski definition) is 1. The minimum absolute atomic E-state index is 0.0133. The van der Waals surface area contributed by atoms with Crippen LogP contribution in [0.3, 0.4) is 0 Å². The molecule has 1 aromatic carbocycles. The highest BCUT2D eigenvalue weighted by atomic mass is 16.2. The van der Waals surface area contributed by atoms with Crippen LogP contribution in [0.5, 0.6) is 0 Å². The van der Waals surface area contributed by atoms with Crippen molar-refractivity contribution in [3.8, 4) is 0 Å². The van der Waals surface area contributed by atoms with Gasteiger partial charge in [0.1, 0.15) is 0 Å². The standard InChI is InChI=1S/C15H22N2O/c1-2-3-5-12-15(18)17-16-13-8-11-14-9-6-4-7-10-14/h4,6-7,9-10,13H,2-3,5,8,11-12H2,1H3,(H,17,18)/b16-13+. The van der Waals surface area contributed by atoms with Crippen molar-refractivity contribution >= 4 is 12.1 Å². The molecule has 0 unspecified atom stereocenters. The van der Waals surface area contributed by atoms with Gasteiger partial charge in [-0.25, -0.2) is 5.43 Å². The molecule has 1 N–H and O–H groups in total. The van der Waals surface area contributed by atoms with Crippen LogP contribution in [-0.2, 0) is 11.2 Å². The van der Waals surface area contributed by atoms with Crippen LogP contribution in [0.1, 0.15) is 44.6 Å². The Bertz CT molecular complexity index is 360. The van der Waals surface area contributed by atoms with Gasteiger partial charge in [0.2, 0.25) is 5.91 Å². The van der Waals surface area contributed by atoms with Crippen LogP contribution in [0.4, 0.5) is 0 Å². The van der Waals surface area contributed by atoms with Crippen molar-refractivity contribution in [1.82, 2.24) is 5.43 Å². The van der Waals surface area contributed by atoms with E-state index in [-0.39, 0.29) is 5.91 Å². The van der Waals surface area contributed by atoms with Crippen molar-refractivity contribution in [2.75, 3.05) is 0 Å². The third-order valence-corrected chi connectivity index (χ3v) is 2.69. The smallest absolute Gasteiger partial charge is 0.240 e. The van der Waals surface area contributed by atoms with E-state index in [4.69, 9.17) is 0 Å². The van der Waals surface area contributed by atoms with Gasteiger partial charge < -0.3 is 0 Å². The summed E-state index contributed by atoms with van der Waals surface area (Å²) in [6.45, 7) is 2.12. The van der Waals surface area contributed by atoms with Gasteiger partial charge in [-0.05, 0) is 24.8 Å². The van der Waals surface area contributed by atoms with E-state index < -0.39 is 0 Å². The summed E-state index contributed by atoms with van der Waals surface area (Å²) in [5, 5.41) is 3.94. The predicted molar refractivity (Wildman–Crippen MR) is 75.5 cm³/mol. The van der Waals surface area contributed by atoms with Gasteiger partial charge in [0.25, 0.3) is 0 Å². The Kier molecular flexibility index (Phi) is 7.53. The molecule has 0 saturated heterocycles. The average Bonchev–Trinajstić information content (AvgIpc) is 2.40. The first-order valence-corrected chi connectivity index (χ1v) is 6.67. The normalized spacial score (nSPS) is 10.7. The molecular formula is C15H22N2O. The molecule has 0 heterocycles. The maximum absolute atomic E-state index is 11.3. The van der Waals surface area contributed by atoms with Gasteiger partial charge in [0.05, 0.1) is 0 Å². The topological polar surface area (TPSA) is 41.5 Å². The molecule has 0 atom stereocenters. The molecule has 0 fully saturated rings. The number of hydrazone groups is 1. The molecule has 0 aliphatic heterocycles. The summed E-state index contributed by atoms with van der Waals surface area (Å²) in [4.78, 5) is 11.3. The molecule has 1 rings (SSSR count). The number of aryl methyl sites for hydroxylation is 1. The molecule has 0 saturated carbocycles. The molecule has 0 aromatic heterocycles. The monoisotopic (exact) mass is 246 g/mol. The van der Waals surface area contributed by atoms with Gasteiger partial charge in [-0.2, -0.15) is 5.10 Å². The molecule has 1 aromatic rings. The average molecular weight is 246 g/mol. The van der Waals surface area contributed by atoms with Crippen LogP contribution >= 0.6 is 0 Å². The van der Waals surface area contributed by atoms with Crippen molar-refractivity contribution in [3.63, 3.8) is 0 Å². The molecule has 98 valence electrons. The molecule has 0 radical (unpaired) electrons. The van der Waals surface area contributed by atoms with Crippen LogP contribution < -0.4 is 5.43 Å². The SMILES string of the molecule is CCCCCC(=O)N/N=C/CCc1ccccc1. The Morgan fingerprint density at radius 2 is 2.06 bits per heavy atom. The summed E-state index contributed by atoms with van der Waals surface area (Å²) < 4.78 is 0. The lowest BCUT2D eigenvalue weighted by atomic mass is 10.1. The van der Waals surface area contributed by atoms with E-state index >= 15 is 0 Å². The highest BCUT2D eigenvalue weighted by Gasteiger charge is 1.97. The number of carbonyl (C=O) groups is 1. The second-order valence-electron chi connectivity index (χ2n) is 4.33. The van der Waals surface area contributed by atoms with Crippen LogP contribution in [0.2, 0.25) is 0 Å². The Morgan fingerprint density at radius 3 is 2.78 bits per heavy atom. The van der Waals surface area contributed by atoms with E-state index in [1.165, 1.54) is 5.56 Å². The maximum Gasteiger partial charge on any atom is 0.240 e. The summed E-state index contributed by atoms with van der Waals surface area (Å²) in [5.41, 5.74) is 3.85. The Labute approximate surface area is 109 Å². The van der Waals surface area contributed by atoms with E-state index in [9.17, 15) is 4.79 Å². The van der Waals surface area contributed by atoms with Gasteiger partial charge >= 0.3 is 0 Å². The number of amides is 1. The quantitative estimate of drug-likeness (QED) is 0.427. The number of rotatable bonds is 8. The summed E-state index contributed by atoms with van der Waals surface area (Å²) in [6, 6.07) is 10.3. The van der Waals surface area contributed by atoms with Crippen LogP contribution in [0.15, 0.2) is 35.4 Å². The van der Waals surface area contributed by atoms with Crippen LogP contribution in [-0.4, -0.2) is 12.1 Å². The largest absolute Gasteiger partial charge is 0.273 e. The Morgan fingerprint density at radius 1 is 1.28 bits per heavy atom. The van der Waals surface area contributed by atoms with Gasteiger partial charge in [-0.3, -0.25) is 4.79 Å². The highest BCUT2D eigenvalue weighted by molar-refractivity contribution is 5.76. The van der Waals surface area contributed by atoms with E-state index in [1.54, 1.807) is 6.21 Å². The first-order valence-electron chi connectivity index (χ1n) is 6.67. The van der Waals surface area contributed by atoms with Crippen molar-refractivity contribution in [1.29, 1.82) is 0 Å². The summed E-state index contributed by atoms with van der Waals surface area (Å²) in [7, 11) is 0. The van der Waals surface area contributed by atoms with Crippen molar-refractivity contribution in [2.24, 2.45) is 5.10 Å². The van der Waals surface area contributed by atoms with Crippen LogP contribution in [0, 0.1) is 0 Å². The highest BCUT2D eigenvalue weighted by Crippen LogP contribution is 2.01. The van der Waals surface area contributed by atoms with Gasteiger partial charge in [0.15, 0.2) is 0 Å². The summed E-state index contributed by atoms with van der Waals surface area (Å²) in [6.07, 6.45) is 7.32. The Balaban J connectivity index is 2.08. The third-order valence-electron chi connectivity index (χ3n) is 2.69. The molecule has 0 spiro atoms. The predicted octanol–water partition coefficient (Wildman–Crippen LogP) is 3.30.